The van der Waals surface area contributed by atoms with Crippen molar-refractivity contribution in [2.75, 3.05) is 27.3 Å². The van der Waals surface area contributed by atoms with Crippen LogP contribution in [-0.4, -0.2) is 45.9 Å². The molecule has 9 heteroatoms. The van der Waals surface area contributed by atoms with E-state index in [-0.39, 0.29) is 23.9 Å². The van der Waals surface area contributed by atoms with Crippen LogP contribution in [0.5, 0.6) is 11.5 Å². The number of benzene rings is 3. The Hall–Kier alpha value is -2.88. The standard InChI is InChI=1S/C25H27BrN2O5S/c1-32-23-13-8-19(16-24(23)33-2)14-15-27-25(29)18-28(17-20-6-4-3-5-7-20)34(30,31)22-11-9-21(26)10-12-22/h3-13,16H,14-15,17-18H2,1-2H3,(H,27,29). The molecule has 0 heterocycles. The van der Waals surface area contributed by atoms with Gasteiger partial charge >= 0.3 is 0 Å². The number of carbonyl (C=O) groups excluding carboxylic acids is 1. The topological polar surface area (TPSA) is 84.9 Å². The van der Waals surface area contributed by atoms with Crippen molar-refractivity contribution in [3.05, 3.63) is 88.4 Å². The van der Waals surface area contributed by atoms with E-state index in [1.807, 2.05) is 48.5 Å². The molecule has 0 aliphatic heterocycles. The molecule has 3 aromatic carbocycles. The van der Waals surface area contributed by atoms with Crippen molar-refractivity contribution >= 4 is 31.9 Å². The van der Waals surface area contributed by atoms with Crippen LogP contribution in [0.15, 0.2) is 82.2 Å². The summed E-state index contributed by atoms with van der Waals surface area (Å²) in [5.41, 5.74) is 1.75. The van der Waals surface area contributed by atoms with Crippen molar-refractivity contribution in [3.63, 3.8) is 0 Å². The summed E-state index contributed by atoms with van der Waals surface area (Å²) in [4.78, 5) is 12.8. The van der Waals surface area contributed by atoms with Crippen LogP contribution >= 0.6 is 15.9 Å². The van der Waals surface area contributed by atoms with Crippen molar-refractivity contribution in [1.29, 1.82) is 0 Å². The van der Waals surface area contributed by atoms with Crippen LogP contribution in [0.25, 0.3) is 0 Å². The molecule has 0 aliphatic carbocycles. The van der Waals surface area contributed by atoms with E-state index in [2.05, 4.69) is 21.2 Å². The Morgan fingerprint density at radius 2 is 1.59 bits per heavy atom. The molecule has 7 nitrogen and oxygen atoms in total. The molecule has 180 valence electrons. The monoisotopic (exact) mass is 546 g/mol. The number of hydrogen-bond acceptors (Lipinski definition) is 5. The number of carbonyl (C=O) groups is 1. The lowest BCUT2D eigenvalue weighted by Crippen LogP contribution is -2.40. The summed E-state index contributed by atoms with van der Waals surface area (Å²) in [6, 6.07) is 21.1. The molecule has 3 rings (SSSR count). The SMILES string of the molecule is COc1ccc(CCNC(=O)CN(Cc2ccccc2)S(=O)(=O)c2ccc(Br)cc2)cc1OC. The van der Waals surface area contributed by atoms with Crippen molar-refractivity contribution < 1.29 is 22.7 Å². The molecule has 1 N–H and O–H groups in total. The van der Waals surface area contributed by atoms with Gasteiger partial charge in [0.25, 0.3) is 0 Å². The number of ether oxygens (including phenoxy) is 2. The first kappa shape index (κ1) is 25.7. The second kappa shape index (κ2) is 12.0. The largest absolute Gasteiger partial charge is 0.493 e. The maximum atomic E-state index is 13.3. The second-order valence-electron chi connectivity index (χ2n) is 7.50. The third-order valence-electron chi connectivity index (χ3n) is 5.16. The quantitative estimate of drug-likeness (QED) is 0.392. The predicted molar refractivity (Wildman–Crippen MR) is 134 cm³/mol. The van der Waals surface area contributed by atoms with Gasteiger partial charge in [0, 0.05) is 17.6 Å². The highest BCUT2D eigenvalue weighted by atomic mass is 79.9. The molecule has 0 aliphatic rings. The lowest BCUT2D eigenvalue weighted by molar-refractivity contribution is -0.121. The van der Waals surface area contributed by atoms with E-state index >= 15 is 0 Å². The molecule has 0 saturated carbocycles. The number of hydrogen-bond donors (Lipinski definition) is 1. The Morgan fingerprint density at radius 3 is 2.24 bits per heavy atom. The van der Waals surface area contributed by atoms with Crippen molar-refractivity contribution in [1.82, 2.24) is 9.62 Å². The van der Waals surface area contributed by atoms with E-state index in [0.29, 0.717) is 24.5 Å². The normalized spacial score (nSPS) is 11.3. The molecule has 0 radical (unpaired) electrons. The van der Waals surface area contributed by atoms with Crippen LogP contribution in [-0.2, 0) is 27.8 Å². The zero-order valence-corrected chi connectivity index (χ0v) is 21.4. The van der Waals surface area contributed by atoms with Crippen molar-refractivity contribution in [2.45, 2.75) is 17.9 Å². The summed E-state index contributed by atoms with van der Waals surface area (Å²) in [5.74, 6) is 0.864. The smallest absolute Gasteiger partial charge is 0.243 e. The van der Waals surface area contributed by atoms with Crippen LogP contribution < -0.4 is 14.8 Å². The average Bonchev–Trinajstić information content (AvgIpc) is 2.84. The molecule has 0 saturated heterocycles. The molecule has 34 heavy (non-hydrogen) atoms. The van der Waals surface area contributed by atoms with Gasteiger partial charge in [0.15, 0.2) is 11.5 Å². The van der Waals surface area contributed by atoms with Crippen LogP contribution in [0.1, 0.15) is 11.1 Å². The Morgan fingerprint density at radius 1 is 0.912 bits per heavy atom. The minimum Gasteiger partial charge on any atom is -0.493 e. The summed E-state index contributed by atoms with van der Waals surface area (Å²) in [5, 5.41) is 2.82. The van der Waals surface area contributed by atoms with Gasteiger partial charge in [-0.15, -0.1) is 0 Å². The third-order valence-corrected chi connectivity index (χ3v) is 7.49. The number of methoxy groups -OCH3 is 2. The number of halogens is 1. The van der Waals surface area contributed by atoms with Gasteiger partial charge in [0.2, 0.25) is 15.9 Å². The van der Waals surface area contributed by atoms with Crippen LogP contribution in [0, 0.1) is 0 Å². The zero-order valence-electron chi connectivity index (χ0n) is 19.0. The number of rotatable bonds is 11. The number of nitrogens with zero attached hydrogens (tertiary/aromatic N) is 1. The molecule has 0 spiro atoms. The first-order valence-electron chi connectivity index (χ1n) is 10.6. The Kier molecular flexibility index (Phi) is 9.09. The molecule has 0 aromatic heterocycles. The summed E-state index contributed by atoms with van der Waals surface area (Å²) in [7, 11) is -0.747. The fourth-order valence-corrected chi connectivity index (χ4v) is 5.02. The van der Waals surface area contributed by atoms with Gasteiger partial charge in [-0.05, 0) is 53.9 Å². The van der Waals surface area contributed by atoms with Gasteiger partial charge in [-0.25, -0.2) is 8.42 Å². The highest BCUT2D eigenvalue weighted by Crippen LogP contribution is 2.27. The average molecular weight is 547 g/mol. The number of amides is 1. The van der Waals surface area contributed by atoms with E-state index in [9.17, 15) is 13.2 Å². The minimum atomic E-state index is -3.88. The molecule has 0 atom stereocenters. The maximum absolute atomic E-state index is 13.3. The molecular formula is C25H27BrN2O5S. The molecule has 0 fully saturated rings. The van der Waals surface area contributed by atoms with Crippen molar-refractivity contribution in [2.24, 2.45) is 0 Å². The number of sulfonamides is 1. The fourth-order valence-electron chi connectivity index (χ4n) is 3.37. The molecule has 3 aromatic rings. The molecule has 1 amide bonds. The lowest BCUT2D eigenvalue weighted by Gasteiger charge is -2.22. The molecule has 0 unspecified atom stereocenters. The second-order valence-corrected chi connectivity index (χ2v) is 10.4. The summed E-state index contributed by atoms with van der Waals surface area (Å²) >= 11 is 3.32. The Bertz CT molecular complexity index is 1200. The fraction of sp³-hybridized carbons (Fsp3) is 0.240. The molecular weight excluding hydrogens is 520 g/mol. The van der Waals surface area contributed by atoms with E-state index in [4.69, 9.17) is 9.47 Å². The van der Waals surface area contributed by atoms with Crippen molar-refractivity contribution in [3.8, 4) is 11.5 Å². The van der Waals surface area contributed by atoms with Crippen LogP contribution in [0.4, 0.5) is 0 Å². The first-order valence-corrected chi connectivity index (χ1v) is 12.8. The van der Waals surface area contributed by atoms with E-state index in [1.165, 1.54) is 16.4 Å². The van der Waals surface area contributed by atoms with E-state index in [1.54, 1.807) is 26.4 Å². The summed E-state index contributed by atoms with van der Waals surface area (Å²) in [6.45, 7) is 0.146. The van der Waals surface area contributed by atoms with E-state index in [0.717, 1.165) is 15.6 Å². The lowest BCUT2D eigenvalue weighted by atomic mass is 10.1. The zero-order chi connectivity index (χ0) is 24.6. The number of nitrogens with one attached hydrogen (secondary N) is 1. The predicted octanol–water partition coefficient (Wildman–Crippen LogP) is 4.02. The van der Waals surface area contributed by atoms with Gasteiger partial charge in [0.1, 0.15) is 0 Å². The third kappa shape index (κ3) is 6.82. The van der Waals surface area contributed by atoms with Crippen LogP contribution in [0.2, 0.25) is 0 Å². The van der Waals surface area contributed by atoms with Gasteiger partial charge in [-0.1, -0.05) is 52.3 Å². The first-order chi connectivity index (χ1) is 16.3. The Labute approximate surface area is 208 Å². The summed E-state index contributed by atoms with van der Waals surface area (Å²) in [6.07, 6.45) is 0.560. The maximum Gasteiger partial charge on any atom is 0.243 e. The van der Waals surface area contributed by atoms with Gasteiger partial charge in [0.05, 0.1) is 25.7 Å². The minimum absolute atomic E-state index is 0.0857. The van der Waals surface area contributed by atoms with E-state index < -0.39 is 10.0 Å². The van der Waals surface area contributed by atoms with Gasteiger partial charge in [-0.3, -0.25) is 4.79 Å². The Balaban J connectivity index is 1.69. The summed E-state index contributed by atoms with van der Waals surface area (Å²) < 4.78 is 39.1. The van der Waals surface area contributed by atoms with Crippen LogP contribution in [0.3, 0.4) is 0 Å². The highest BCUT2D eigenvalue weighted by molar-refractivity contribution is 9.10. The van der Waals surface area contributed by atoms with Gasteiger partial charge < -0.3 is 14.8 Å². The van der Waals surface area contributed by atoms with Gasteiger partial charge in [-0.2, -0.15) is 4.31 Å². The highest BCUT2D eigenvalue weighted by Gasteiger charge is 2.27. The molecule has 0 bridgehead atoms.